The Morgan fingerprint density at radius 1 is 1.24 bits per heavy atom. The third kappa shape index (κ3) is 3.73. The summed E-state index contributed by atoms with van der Waals surface area (Å²) in [5, 5.41) is 7.47. The van der Waals surface area contributed by atoms with Gasteiger partial charge in [0.2, 0.25) is 0 Å². The van der Waals surface area contributed by atoms with Crippen molar-refractivity contribution in [3.8, 4) is 0 Å². The standard InChI is InChI=1S/C24H27FN6OS/c1-12-2-6-16-21(26)22(33-24(16)27-12)23(32)29-13-5-7-19-17(8-13)18(25)9-20(30-19)31-10-14-3-4-15(11-31)28-14/h2,6,9,13-15,28H,3-5,7-8,10-11,26H2,1H3,(H,29,32)/t13-,14?,15?/m0/s1. The number of aromatic nitrogens is 2. The first-order valence-corrected chi connectivity index (χ1v) is 12.4. The lowest BCUT2D eigenvalue weighted by molar-refractivity contribution is 0.0938. The van der Waals surface area contributed by atoms with Crippen molar-refractivity contribution in [2.45, 2.75) is 57.2 Å². The smallest absolute Gasteiger partial charge is 0.263 e. The number of thiophene rings is 1. The first kappa shape index (κ1) is 20.8. The lowest BCUT2D eigenvalue weighted by Crippen LogP contribution is -2.51. The molecule has 33 heavy (non-hydrogen) atoms. The van der Waals surface area contributed by atoms with Gasteiger partial charge in [0, 0.05) is 59.6 Å². The SMILES string of the molecule is Cc1ccc2c(N)c(C(=O)N[C@H]3CCc4nc(N5CC6CCC(C5)N6)cc(F)c4C3)sc2n1. The van der Waals surface area contributed by atoms with Crippen molar-refractivity contribution in [2.24, 2.45) is 0 Å². The number of aryl methyl sites for hydroxylation is 2. The second kappa shape index (κ2) is 7.92. The molecule has 2 aliphatic heterocycles. The first-order chi connectivity index (χ1) is 15.9. The van der Waals surface area contributed by atoms with Crippen LogP contribution in [0.15, 0.2) is 18.2 Å². The number of halogens is 1. The van der Waals surface area contributed by atoms with E-state index in [1.165, 1.54) is 24.2 Å². The number of pyridine rings is 2. The van der Waals surface area contributed by atoms with Crippen LogP contribution in [-0.4, -0.2) is 47.1 Å². The van der Waals surface area contributed by atoms with Gasteiger partial charge in [-0.3, -0.25) is 4.79 Å². The predicted molar refractivity (Wildman–Crippen MR) is 128 cm³/mol. The Labute approximate surface area is 195 Å². The topological polar surface area (TPSA) is 96.2 Å². The molecule has 0 saturated carbocycles. The van der Waals surface area contributed by atoms with Gasteiger partial charge in [-0.2, -0.15) is 0 Å². The van der Waals surface area contributed by atoms with E-state index in [1.54, 1.807) is 6.07 Å². The largest absolute Gasteiger partial charge is 0.397 e. The molecule has 9 heteroatoms. The molecule has 0 radical (unpaired) electrons. The zero-order valence-corrected chi connectivity index (χ0v) is 19.3. The van der Waals surface area contributed by atoms with Crippen molar-refractivity contribution in [2.75, 3.05) is 23.7 Å². The number of fused-ring (bicyclic) bond motifs is 4. The van der Waals surface area contributed by atoms with Crippen LogP contribution in [0.2, 0.25) is 0 Å². The molecular weight excluding hydrogens is 439 g/mol. The lowest BCUT2D eigenvalue weighted by atomic mass is 9.91. The Hall–Kier alpha value is -2.78. The molecule has 5 heterocycles. The van der Waals surface area contributed by atoms with Gasteiger partial charge >= 0.3 is 0 Å². The zero-order valence-electron chi connectivity index (χ0n) is 18.5. The molecule has 3 atom stereocenters. The molecule has 0 aromatic carbocycles. The number of hydrogen-bond acceptors (Lipinski definition) is 7. The van der Waals surface area contributed by atoms with Crippen molar-refractivity contribution in [3.63, 3.8) is 0 Å². The normalized spacial score (nSPS) is 24.2. The van der Waals surface area contributed by atoms with Gasteiger partial charge in [-0.25, -0.2) is 14.4 Å². The number of hydrogen-bond donors (Lipinski definition) is 3. The number of carbonyl (C=O) groups is 1. The number of nitrogen functional groups attached to an aromatic ring is 1. The maximum Gasteiger partial charge on any atom is 0.263 e. The number of nitrogens with one attached hydrogen (secondary N) is 2. The number of nitrogens with two attached hydrogens (primary N) is 1. The maximum absolute atomic E-state index is 15.2. The molecule has 4 N–H and O–H groups in total. The highest BCUT2D eigenvalue weighted by molar-refractivity contribution is 7.21. The number of anilines is 2. The fourth-order valence-electron chi connectivity index (χ4n) is 5.44. The van der Waals surface area contributed by atoms with Gasteiger partial charge in [-0.15, -0.1) is 11.3 Å². The molecule has 172 valence electrons. The molecule has 2 fully saturated rings. The Morgan fingerprint density at radius 3 is 2.82 bits per heavy atom. The van der Waals surface area contributed by atoms with Gasteiger partial charge in [0.05, 0.1) is 5.69 Å². The summed E-state index contributed by atoms with van der Waals surface area (Å²) in [5.74, 6) is 0.303. The van der Waals surface area contributed by atoms with Crippen molar-refractivity contribution < 1.29 is 9.18 Å². The molecule has 2 saturated heterocycles. The van der Waals surface area contributed by atoms with Crippen LogP contribution < -0.4 is 21.3 Å². The van der Waals surface area contributed by atoms with E-state index < -0.39 is 0 Å². The van der Waals surface area contributed by atoms with Crippen LogP contribution in [0.3, 0.4) is 0 Å². The van der Waals surface area contributed by atoms with Gasteiger partial charge in [0.25, 0.3) is 5.91 Å². The average Bonchev–Trinajstić information content (AvgIpc) is 3.31. The highest BCUT2D eigenvalue weighted by Gasteiger charge is 2.34. The third-order valence-electron chi connectivity index (χ3n) is 7.14. The summed E-state index contributed by atoms with van der Waals surface area (Å²) in [6.45, 7) is 3.67. The molecule has 7 nitrogen and oxygen atoms in total. The molecule has 1 aliphatic carbocycles. The maximum atomic E-state index is 15.2. The number of carbonyl (C=O) groups excluding carboxylic acids is 1. The highest BCUT2D eigenvalue weighted by Crippen LogP contribution is 2.33. The molecule has 2 unspecified atom stereocenters. The molecule has 2 bridgehead atoms. The van der Waals surface area contributed by atoms with Crippen molar-refractivity contribution in [3.05, 3.63) is 45.8 Å². The zero-order chi connectivity index (χ0) is 22.7. The highest BCUT2D eigenvalue weighted by atomic mass is 32.1. The number of nitrogens with zero attached hydrogens (tertiary/aromatic N) is 3. The van der Waals surface area contributed by atoms with E-state index in [2.05, 4.69) is 20.5 Å². The molecule has 3 aromatic heterocycles. The minimum atomic E-state index is -0.221. The van der Waals surface area contributed by atoms with Crippen molar-refractivity contribution in [1.29, 1.82) is 0 Å². The van der Waals surface area contributed by atoms with Gasteiger partial charge in [0.15, 0.2) is 0 Å². The molecule has 0 spiro atoms. The van der Waals surface area contributed by atoms with Crippen LogP contribution in [0, 0.1) is 12.7 Å². The van der Waals surface area contributed by atoms with E-state index in [0.717, 1.165) is 46.9 Å². The van der Waals surface area contributed by atoms with E-state index in [9.17, 15) is 4.79 Å². The van der Waals surface area contributed by atoms with Crippen LogP contribution >= 0.6 is 11.3 Å². The summed E-state index contributed by atoms with van der Waals surface area (Å²) in [5.41, 5.74) is 9.02. The summed E-state index contributed by atoms with van der Waals surface area (Å²) in [7, 11) is 0. The molecule has 3 aromatic rings. The van der Waals surface area contributed by atoms with E-state index in [4.69, 9.17) is 10.7 Å². The Kier molecular flexibility index (Phi) is 4.99. The van der Waals surface area contributed by atoms with Crippen molar-refractivity contribution in [1.82, 2.24) is 20.6 Å². The molecule has 6 rings (SSSR count). The van der Waals surface area contributed by atoms with Gasteiger partial charge in [-0.05, 0) is 51.2 Å². The third-order valence-corrected chi connectivity index (χ3v) is 8.25. The van der Waals surface area contributed by atoms with Crippen LogP contribution in [0.1, 0.15) is 45.9 Å². The molecule has 1 amide bonds. The van der Waals surface area contributed by atoms with Gasteiger partial charge < -0.3 is 21.3 Å². The van der Waals surface area contributed by atoms with E-state index >= 15 is 4.39 Å². The number of piperazine rings is 1. The first-order valence-electron chi connectivity index (χ1n) is 11.6. The summed E-state index contributed by atoms with van der Waals surface area (Å²) >= 11 is 1.30. The number of rotatable bonds is 3. The van der Waals surface area contributed by atoms with Crippen LogP contribution in [-0.2, 0) is 12.8 Å². The molecule has 3 aliphatic rings. The predicted octanol–water partition coefficient (Wildman–Crippen LogP) is 2.95. The van der Waals surface area contributed by atoms with Gasteiger partial charge in [0.1, 0.15) is 21.3 Å². The quantitative estimate of drug-likeness (QED) is 0.549. The number of amides is 1. The van der Waals surface area contributed by atoms with E-state index in [-0.39, 0.29) is 17.8 Å². The van der Waals surface area contributed by atoms with Crippen LogP contribution in [0.5, 0.6) is 0 Å². The summed E-state index contributed by atoms with van der Waals surface area (Å²) in [6.07, 6.45) is 4.16. The van der Waals surface area contributed by atoms with Gasteiger partial charge in [-0.1, -0.05) is 0 Å². The monoisotopic (exact) mass is 466 g/mol. The fourth-order valence-corrected chi connectivity index (χ4v) is 6.48. The average molecular weight is 467 g/mol. The Balaban J connectivity index is 1.19. The van der Waals surface area contributed by atoms with Crippen molar-refractivity contribution >= 4 is 39.0 Å². The Morgan fingerprint density at radius 2 is 2.03 bits per heavy atom. The molecular formula is C24H27FN6OS. The minimum Gasteiger partial charge on any atom is -0.397 e. The lowest BCUT2D eigenvalue weighted by Gasteiger charge is -2.34. The minimum absolute atomic E-state index is 0.151. The van der Waals surface area contributed by atoms with Crippen LogP contribution in [0.4, 0.5) is 15.9 Å². The summed E-state index contributed by atoms with van der Waals surface area (Å²) in [6, 6.07) is 6.17. The van der Waals surface area contributed by atoms with E-state index in [1.807, 2.05) is 19.1 Å². The van der Waals surface area contributed by atoms with E-state index in [0.29, 0.717) is 41.1 Å². The summed E-state index contributed by atoms with van der Waals surface area (Å²) in [4.78, 5) is 25.7. The second-order valence-corrected chi connectivity index (χ2v) is 10.5. The fraction of sp³-hybridized carbons (Fsp3) is 0.458. The second-order valence-electron chi connectivity index (χ2n) is 9.49. The van der Waals surface area contributed by atoms with Crippen LogP contribution in [0.25, 0.3) is 10.2 Å². The Bertz CT molecular complexity index is 1250. The summed E-state index contributed by atoms with van der Waals surface area (Å²) < 4.78 is 15.2.